The number of hydrogen-bond donors (Lipinski definition) is 0. The number of alkyl halides is 7. The second-order valence-corrected chi connectivity index (χ2v) is 6.21. The predicted octanol–water partition coefficient (Wildman–Crippen LogP) is 6.05. The number of benzene rings is 2. The molecule has 0 N–H and O–H groups in total. The number of rotatable bonds is 3. The highest BCUT2D eigenvalue weighted by Crippen LogP contribution is 2.56. The molecule has 144 valence electrons. The first-order valence-electron chi connectivity index (χ1n) is 7.95. The Hall–Kier alpha value is -2.51. The van der Waals surface area contributed by atoms with Gasteiger partial charge in [0.2, 0.25) is 0 Å². The summed E-state index contributed by atoms with van der Waals surface area (Å²) in [6, 6.07) is 10.6. The standard InChI is InChI=1S/C19H14F7N/c20-17(18(21,22)23,19(24,25)26)16-15-9-5-4-8-14(15)10-11-27(16)12-13-6-2-1-3-7-13/h1-11,16H,12H2. The van der Waals surface area contributed by atoms with Crippen molar-refractivity contribution in [2.75, 3.05) is 0 Å². The van der Waals surface area contributed by atoms with Gasteiger partial charge in [-0.15, -0.1) is 0 Å². The third kappa shape index (κ3) is 3.28. The average molecular weight is 389 g/mol. The van der Waals surface area contributed by atoms with Gasteiger partial charge in [0.25, 0.3) is 0 Å². The minimum Gasteiger partial charge on any atom is -0.362 e. The predicted molar refractivity (Wildman–Crippen MR) is 86.2 cm³/mol. The van der Waals surface area contributed by atoms with Crippen LogP contribution >= 0.6 is 0 Å². The van der Waals surface area contributed by atoms with E-state index in [1.165, 1.54) is 24.3 Å². The molecule has 27 heavy (non-hydrogen) atoms. The molecule has 3 rings (SSSR count). The Morgan fingerprint density at radius 1 is 0.741 bits per heavy atom. The van der Waals surface area contributed by atoms with E-state index in [0.29, 0.717) is 5.56 Å². The first kappa shape index (κ1) is 19.3. The van der Waals surface area contributed by atoms with Crippen LogP contribution in [0.15, 0.2) is 60.8 Å². The largest absolute Gasteiger partial charge is 0.434 e. The molecule has 0 saturated heterocycles. The molecule has 0 saturated carbocycles. The molecule has 0 bridgehead atoms. The van der Waals surface area contributed by atoms with Crippen LogP contribution in [0.2, 0.25) is 0 Å². The smallest absolute Gasteiger partial charge is 0.362 e. The summed E-state index contributed by atoms with van der Waals surface area (Å²) in [4.78, 5) is 0.749. The summed E-state index contributed by atoms with van der Waals surface area (Å²) in [6.07, 6.45) is -9.85. The Morgan fingerprint density at radius 3 is 1.89 bits per heavy atom. The lowest BCUT2D eigenvalue weighted by molar-refractivity contribution is -0.358. The topological polar surface area (TPSA) is 3.24 Å². The summed E-state index contributed by atoms with van der Waals surface area (Å²) in [7, 11) is 0. The summed E-state index contributed by atoms with van der Waals surface area (Å²) in [5.41, 5.74) is -5.23. The monoisotopic (exact) mass is 389 g/mol. The van der Waals surface area contributed by atoms with Gasteiger partial charge in [0, 0.05) is 12.7 Å². The summed E-state index contributed by atoms with van der Waals surface area (Å²) in [5, 5.41) is 0. The van der Waals surface area contributed by atoms with Gasteiger partial charge in [-0.25, -0.2) is 4.39 Å². The number of halogens is 7. The second kappa shape index (κ2) is 6.58. The highest BCUT2D eigenvalue weighted by molar-refractivity contribution is 5.58. The molecule has 8 heteroatoms. The van der Waals surface area contributed by atoms with Crippen molar-refractivity contribution in [2.24, 2.45) is 0 Å². The zero-order valence-corrected chi connectivity index (χ0v) is 13.7. The van der Waals surface area contributed by atoms with Crippen molar-refractivity contribution in [3.05, 3.63) is 77.5 Å². The fraction of sp³-hybridized carbons (Fsp3) is 0.263. The fourth-order valence-electron chi connectivity index (χ4n) is 3.20. The molecule has 0 amide bonds. The Labute approximate surface area is 150 Å². The van der Waals surface area contributed by atoms with Gasteiger partial charge in [0.15, 0.2) is 0 Å². The molecule has 1 nitrogen and oxygen atoms in total. The summed E-state index contributed by atoms with van der Waals surface area (Å²) >= 11 is 0. The first-order valence-corrected chi connectivity index (χ1v) is 7.95. The molecule has 0 aliphatic carbocycles. The van der Waals surface area contributed by atoms with Crippen molar-refractivity contribution in [2.45, 2.75) is 30.6 Å². The highest BCUT2D eigenvalue weighted by Gasteiger charge is 2.77. The van der Waals surface area contributed by atoms with Crippen LogP contribution in [0.1, 0.15) is 22.7 Å². The average Bonchev–Trinajstić information content (AvgIpc) is 2.60. The molecule has 0 spiro atoms. The van der Waals surface area contributed by atoms with E-state index in [1.807, 2.05) is 0 Å². The summed E-state index contributed by atoms with van der Waals surface area (Å²) < 4.78 is 95.7. The quantitative estimate of drug-likeness (QED) is 0.578. The molecule has 0 fully saturated rings. The normalized spacial score (nSPS) is 17.7. The van der Waals surface area contributed by atoms with Crippen LogP contribution in [0.5, 0.6) is 0 Å². The van der Waals surface area contributed by atoms with E-state index in [4.69, 9.17) is 0 Å². The van der Waals surface area contributed by atoms with E-state index in [2.05, 4.69) is 0 Å². The number of fused-ring (bicyclic) bond motifs is 1. The van der Waals surface area contributed by atoms with E-state index < -0.39 is 24.1 Å². The van der Waals surface area contributed by atoms with Crippen molar-refractivity contribution in [3.8, 4) is 0 Å². The lowest BCUT2D eigenvalue weighted by Crippen LogP contribution is -2.60. The highest BCUT2D eigenvalue weighted by atomic mass is 19.4. The zero-order valence-electron chi connectivity index (χ0n) is 13.7. The van der Waals surface area contributed by atoms with Crippen LogP contribution in [-0.4, -0.2) is 22.9 Å². The Balaban J connectivity index is 2.17. The molecule has 1 unspecified atom stereocenters. The minimum atomic E-state index is -6.15. The van der Waals surface area contributed by atoms with Crippen LogP contribution in [0.25, 0.3) is 6.08 Å². The van der Waals surface area contributed by atoms with Gasteiger partial charge in [0.1, 0.15) is 6.04 Å². The second-order valence-electron chi connectivity index (χ2n) is 6.21. The van der Waals surface area contributed by atoms with Gasteiger partial charge >= 0.3 is 18.0 Å². The third-order valence-electron chi connectivity index (χ3n) is 4.48. The lowest BCUT2D eigenvalue weighted by atomic mass is 9.83. The van der Waals surface area contributed by atoms with Gasteiger partial charge in [-0.3, -0.25) is 0 Å². The van der Waals surface area contributed by atoms with E-state index >= 15 is 0 Å². The molecule has 1 aliphatic rings. The third-order valence-corrected chi connectivity index (χ3v) is 4.48. The Morgan fingerprint density at radius 2 is 1.30 bits per heavy atom. The van der Waals surface area contributed by atoms with E-state index in [1.54, 1.807) is 30.3 Å². The Kier molecular flexibility index (Phi) is 4.69. The summed E-state index contributed by atoms with van der Waals surface area (Å²) in [6.45, 7) is -0.311. The minimum absolute atomic E-state index is 0.113. The van der Waals surface area contributed by atoms with Crippen LogP contribution < -0.4 is 0 Å². The van der Waals surface area contributed by atoms with E-state index in [-0.39, 0.29) is 17.7 Å². The van der Waals surface area contributed by atoms with Gasteiger partial charge in [-0.1, -0.05) is 54.6 Å². The van der Waals surface area contributed by atoms with Gasteiger partial charge < -0.3 is 4.90 Å². The fourth-order valence-corrected chi connectivity index (χ4v) is 3.20. The van der Waals surface area contributed by atoms with Crippen molar-refractivity contribution < 1.29 is 30.7 Å². The molecule has 2 aromatic carbocycles. The molecule has 0 radical (unpaired) electrons. The van der Waals surface area contributed by atoms with Gasteiger partial charge in [-0.05, 0) is 22.8 Å². The zero-order chi connectivity index (χ0) is 19.9. The molecule has 0 aromatic heterocycles. The van der Waals surface area contributed by atoms with Gasteiger partial charge in [0.05, 0.1) is 0 Å². The lowest BCUT2D eigenvalue weighted by Gasteiger charge is -2.44. The van der Waals surface area contributed by atoms with Crippen LogP contribution in [0.4, 0.5) is 30.7 Å². The molecule has 1 aliphatic heterocycles. The maximum absolute atomic E-state index is 15.0. The number of nitrogens with zero attached hydrogens (tertiary/aromatic N) is 1. The van der Waals surface area contributed by atoms with Crippen molar-refractivity contribution in [3.63, 3.8) is 0 Å². The van der Waals surface area contributed by atoms with Crippen molar-refractivity contribution >= 4 is 6.08 Å². The van der Waals surface area contributed by atoms with Crippen molar-refractivity contribution in [1.82, 2.24) is 4.90 Å². The van der Waals surface area contributed by atoms with Crippen LogP contribution in [0.3, 0.4) is 0 Å². The summed E-state index contributed by atoms with van der Waals surface area (Å²) in [5.74, 6) is 0. The van der Waals surface area contributed by atoms with Crippen LogP contribution in [-0.2, 0) is 6.54 Å². The van der Waals surface area contributed by atoms with Crippen molar-refractivity contribution in [1.29, 1.82) is 0 Å². The molecular weight excluding hydrogens is 375 g/mol. The molecular formula is C19H14F7N. The first-order chi connectivity index (χ1) is 12.6. The van der Waals surface area contributed by atoms with Gasteiger partial charge in [-0.2, -0.15) is 26.3 Å². The number of hydrogen-bond acceptors (Lipinski definition) is 1. The molecule has 1 atom stereocenters. The van der Waals surface area contributed by atoms with E-state index in [9.17, 15) is 30.7 Å². The Bertz CT molecular complexity index is 810. The van der Waals surface area contributed by atoms with Crippen LogP contribution in [0, 0.1) is 0 Å². The SMILES string of the molecule is FC(F)(F)C(F)(C1c2ccccc2C=CN1Cc1ccccc1)C(F)(F)F. The maximum Gasteiger partial charge on any atom is 0.434 e. The molecule has 2 aromatic rings. The molecule has 1 heterocycles. The maximum atomic E-state index is 15.0. The van der Waals surface area contributed by atoms with E-state index in [0.717, 1.165) is 17.2 Å².